The van der Waals surface area contributed by atoms with Crippen LogP contribution in [0, 0.1) is 6.92 Å². The summed E-state index contributed by atoms with van der Waals surface area (Å²) in [6.07, 6.45) is 3.96. The zero-order valence-corrected chi connectivity index (χ0v) is 10.2. The predicted molar refractivity (Wildman–Crippen MR) is 67.3 cm³/mol. The number of aryl methyl sites for hydroxylation is 1. The van der Waals surface area contributed by atoms with Crippen LogP contribution in [-0.4, -0.2) is 28.0 Å². The van der Waals surface area contributed by atoms with E-state index >= 15 is 0 Å². The van der Waals surface area contributed by atoms with Crippen molar-refractivity contribution in [2.75, 3.05) is 0 Å². The van der Waals surface area contributed by atoms with Crippen molar-refractivity contribution in [2.24, 2.45) is 0 Å². The molecule has 1 heterocycles. The van der Waals surface area contributed by atoms with Gasteiger partial charge < -0.3 is 10.4 Å². The van der Waals surface area contributed by atoms with Crippen molar-refractivity contribution in [1.82, 2.24) is 10.3 Å². The molecule has 0 radical (unpaired) electrons. The van der Waals surface area contributed by atoms with Crippen molar-refractivity contribution in [3.8, 4) is 0 Å². The van der Waals surface area contributed by atoms with Crippen LogP contribution in [0.25, 0.3) is 0 Å². The number of carboxylic acid groups (broad SMARTS) is 1. The molecule has 0 bridgehead atoms. The van der Waals surface area contributed by atoms with Crippen molar-refractivity contribution >= 4 is 11.9 Å². The van der Waals surface area contributed by atoms with Gasteiger partial charge in [-0.1, -0.05) is 12.1 Å². The summed E-state index contributed by atoms with van der Waals surface area (Å²) in [4.78, 5) is 26.8. The monoisotopic (exact) mass is 248 g/mol. The summed E-state index contributed by atoms with van der Waals surface area (Å²) in [6, 6.07) is 2.55. The molecule has 96 valence electrons. The molecule has 1 amide bonds. The molecule has 0 aromatic carbocycles. The van der Waals surface area contributed by atoms with Gasteiger partial charge in [0.25, 0.3) is 5.91 Å². The highest BCUT2D eigenvalue weighted by Gasteiger charge is 2.21. The quantitative estimate of drug-likeness (QED) is 0.748. The fourth-order valence-electron chi connectivity index (χ4n) is 1.49. The molecular formula is C13H16N2O3. The first kappa shape index (κ1) is 13.9. The molecule has 5 heteroatoms. The Balaban J connectivity index is 2.75. The van der Waals surface area contributed by atoms with Crippen molar-refractivity contribution in [3.05, 3.63) is 42.2 Å². The van der Waals surface area contributed by atoms with E-state index in [1.165, 1.54) is 6.20 Å². The topological polar surface area (TPSA) is 79.3 Å². The average molecular weight is 248 g/mol. The minimum atomic E-state index is -1.06. The van der Waals surface area contributed by atoms with Gasteiger partial charge in [-0.05, 0) is 31.4 Å². The molecule has 1 unspecified atom stereocenters. The van der Waals surface area contributed by atoms with E-state index in [2.05, 4.69) is 16.9 Å². The minimum Gasteiger partial charge on any atom is -0.480 e. The van der Waals surface area contributed by atoms with Crippen molar-refractivity contribution in [3.63, 3.8) is 0 Å². The molecule has 2 N–H and O–H groups in total. The number of hydrogen-bond acceptors (Lipinski definition) is 3. The highest BCUT2D eigenvalue weighted by atomic mass is 16.4. The molecule has 18 heavy (non-hydrogen) atoms. The van der Waals surface area contributed by atoms with Crippen LogP contribution in [0.4, 0.5) is 0 Å². The van der Waals surface area contributed by atoms with E-state index < -0.39 is 17.9 Å². The van der Waals surface area contributed by atoms with E-state index in [0.717, 1.165) is 0 Å². The number of hydrogen-bond donors (Lipinski definition) is 2. The van der Waals surface area contributed by atoms with E-state index in [1.54, 1.807) is 25.1 Å². The van der Waals surface area contributed by atoms with Crippen LogP contribution in [0.2, 0.25) is 0 Å². The van der Waals surface area contributed by atoms with Gasteiger partial charge in [-0.25, -0.2) is 4.79 Å². The van der Waals surface area contributed by atoms with Gasteiger partial charge in [0, 0.05) is 6.20 Å². The lowest BCUT2D eigenvalue weighted by atomic mass is 10.1. The van der Waals surface area contributed by atoms with E-state index in [0.29, 0.717) is 18.4 Å². The van der Waals surface area contributed by atoms with Crippen LogP contribution in [0.15, 0.2) is 31.0 Å². The third-order valence-corrected chi connectivity index (χ3v) is 2.49. The molecule has 0 saturated heterocycles. The molecule has 1 aromatic rings. The van der Waals surface area contributed by atoms with Crippen molar-refractivity contribution in [2.45, 2.75) is 25.8 Å². The van der Waals surface area contributed by atoms with Gasteiger partial charge >= 0.3 is 5.97 Å². The van der Waals surface area contributed by atoms with Crippen molar-refractivity contribution in [1.29, 1.82) is 0 Å². The SMILES string of the molecule is C=CCCC(NC(=O)c1ncccc1C)C(=O)O. The van der Waals surface area contributed by atoms with Gasteiger partial charge in [0.15, 0.2) is 0 Å². The second-order valence-electron chi connectivity index (χ2n) is 3.90. The summed E-state index contributed by atoms with van der Waals surface area (Å²) in [5.74, 6) is -1.52. The minimum absolute atomic E-state index is 0.252. The number of pyridine rings is 1. The Morgan fingerprint density at radius 1 is 1.61 bits per heavy atom. The maximum absolute atomic E-state index is 11.9. The molecule has 1 atom stereocenters. The maximum atomic E-state index is 11.9. The smallest absolute Gasteiger partial charge is 0.326 e. The highest BCUT2D eigenvalue weighted by Crippen LogP contribution is 2.05. The number of carboxylic acids is 1. The summed E-state index contributed by atoms with van der Waals surface area (Å²) in [6.45, 7) is 5.28. The first-order valence-electron chi connectivity index (χ1n) is 5.62. The number of rotatable bonds is 6. The molecule has 0 aliphatic rings. The molecule has 0 fully saturated rings. The first-order valence-corrected chi connectivity index (χ1v) is 5.62. The number of carbonyl (C=O) groups excluding carboxylic acids is 1. The van der Waals surface area contributed by atoms with Crippen molar-refractivity contribution < 1.29 is 14.7 Å². The number of amides is 1. The van der Waals surface area contributed by atoms with Crippen LogP contribution >= 0.6 is 0 Å². The Morgan fingerprint density at radius 2 is 2.33 bits per heavy atom. The molecule has 0 aliphatic carbocycles. The number of allylic oxidation sites excluding steroid dienone is 1. The number of carbonyl (C=O) groups is 2. The zero-order chi connectivity index (χ0) is 13.5. The number of aliphatic carboxylic acids is 1. The van der Waals surface area contributed by atoms with Gasteiger partial charge in [0.2, 0.25) is 0 Å². The normalized spacial score (nSPS) is 11.6. The average Bonchev–Trinajstić information content (AvgIpc) is 2.34. The Bertz CT molecular complexity index is 457. The Labute approximate surface area is 106 Å². The first-order chi connectivity index (χ1) is 8.56. The van der Waals surface area contributed by atoms with Crippen LogP contribution in [-0.2, 0) is 4.79 Å². The van der Waals surface area contributed by atoms with E-state index in [-0.39, 0.29) is 5.69 Å². The molecular weight excluding hydrogens is 232 g/mol. The third-order valence-electron chi connectivity index (χ3n) is 2.49. The fourth-order valence-corrected chi connectivity index (χ4v) is 1.49. The van der Waals surface area contributed by atoms with E-state index in [1.807, 2.05) is 0 Å². The molecule has 5 nitrogen and oxygen atoms in total. The van der Waals surface area contributed by atoms with E-state index in [9.17, 15) is 9.59 Å². The van der Waals surface area contributed by atoms with Gasteiger partial charge in [-0.15, -0.1) is 6.58 Å². The number of aromatic nitrogens is 1. The second kappa shape index (κ2) is 6.54. The lowest BCUT2D eigenvalue weighted by Gasteiger charge is -2.13. The Hall–Kier alpha value is -2.17. The highest BCUT2D eigenvalue weighted by molar-refractivity contribution is 5.96. The standard InChI is InChI=1S/C13H16N2O3/c1-3-4-7-10(13(17)18)15-12(16)11-9(2)6-5-8-14-11/h3,5-6,8,10H,1,4,7H2,2H3,(H,15,16)(H,17,18). The largest absolute Gasteiger partial charge is 0.480 e. The maximum Gasteiger partial charge on any atom is 0.326 e. The lowest BCUT2D eigenvalue weighted by molar-refractivity contribution is -0.139. The van der Waals surface area contributed by atoms with Crippen LogP contribution < -0.4 is 5.32 Å². The lowest BCUT2D eigenvalue weighted by Crippen LogP contribution is -2.41. The van der Waals surface area contributed by atoms with Crippen LogP contribution in [0.5, 0.6) is 0 Å². The van der Waals surface area contributed by atoms with Crippen LogP contribution in [0.1, 0.15) is 28.9 Å². The number of nitrogens with one attached hydrogen (secondary N) is 1. The zero-order valence-electron chi connectivity index (χ0n) is 10.2. The van der Waals surface area contributed by atoms with Gasteiger partial charge in [-0.2, -0.15) is 0 Å². The third kappa shape index (κ3) is 3.69. The van der Waals surface area contributed by atoms with Gasteiger partial charge in [0.05, 0.1) is 0 Å². The van der Waals surface area contributed by atoms with Gasteiger partial charge in [-0.3, -0.25) is 9.78 Å². The molecule has 1 aromatic heterocycles. The summed E-state index contributed by atoms with van der Waals surface area (Å²) in [7, 11) is 0. The summed E-state index contributed by atoms with van der Waals surface area (Å²) in [5.41, 5.74) is 0.963. The summed E-state index contributed by atoms with van der Waals surface area (Å²) in [5, 5.41) is 11.5. The van der Waals surface area contributed by atoms with Gasteiger partial charge in [0.1, 0.15) is 11.7 Å². The number of nitrogens with zero attached hydrogens (tertiary/aromatic N) is 1. The van der Waals surface area contributed by atoms with Crippen LogP contribution in [0.3, 0.4) is 0 Å². The summed E-state index contributed by atoms with van der Waals surface area (Å²) >= 11 is 0. The molecule has 0 aliphatic heterocycles. The Kier molecular flexibility index (Phi) is 5.05. The molecule has 0 saturated carbocycles. The molecule has 1 rings (SSSR count). The Morgan fingerprint density at radius 3 is 2.89 bits per heavy atom. The summed E-state index contributed by atoms with van der Waals surface area (Å²) < 4.78 is 0. The molecule has 0 spiro atoms. The predicted octanol–water partition coefficient (Wildman–Crippen LogP) is 1.54. The fraction of sp³-hybridized carbons (Fsp3) is 0.308. The van der Waals surface area contributed by atoms with E-state index in [4.69, 9.17) is 5.11 Å². The second-order valence-corrected chi connectivity index (χ2v) is 3.90.